The van der Waals surface area contributed by atoms with Crippen molar-refractivity contribution in [3.63, 3.8) is 0 Å². The SMILES string of the molecule is O=C(Nc1ccc(Br)cc1C(=O)O)c1nn(-c2ccccc2)c(=O)[nH]1. The van der Waals surface area contributed by atoms with Gasteiger partial charge in [-0.1, -0.05) is 34.1 Å². The van der Waals surface area contributed by atoms with E-state index in [9.17, 15) is 19.5 Å². The van der Waals surface area contributed by atoms with E-state index in [0.717, 1.165) is 4.68 Å². The third-order valence-electron chi connectivity index (χ3n) is 3.29. The minimum absolute atomic E-state index is 0.0902. The second-order valence-electron chi connectivity index (χ2n) is 4.98. The lowest BCUT2D eigenvalue weighted by Crippen LogP contribution is -2.17. The summed E-state index contributed by atoms with van der Waals surface area (Å²) in [5.41, 5.74) is -0.0772. The lowest BCUT2D eigenvalue weighted by molar-refractivity contribution is 0.0698. The van der Waals surface area contributed by atoms with Gasteiger partial charge >= 0.3 is 11.7 Å². The molecule has 0 aliphatic carbocycles. The van der Waals surface area contributed by atoms with Gasteiger partial charge in [0.25, 0.3) is 5.91 Å². The van der Waals surface area contributed by atoms with E-state index >= 15 is 0 Å². The summed E-state index contributed by atoms with van der Waals surface area (Å²) in [5, 5.41) is 15.6. The van der Waals surface area contributed by atoms with Gasteiger partial charge in [-0.2, -0.15) is 4.68 Å². The maximum atomic E-state index is 12.3. The van der Waals surface area contributed by atoms with Crippen LogP contribution in [0.4, 0.5) is 5.69 Å². The van der Waals surface area contributed by atoms with E-state index in [1.807, 2.05) is 0 Å². The fourth-order valence-corrected chi connectivity index (χ4v) is 2.52. The monoisotopic (exact) mass is 402 g/mol. The zero-order chi connectivity index (χ0) is 18.0. The lowest BCUT2D eigenvalue weighted by atomic mass is 10.2. The molecule has 1 heterocycles. The van der Waals surface area contributed by atoms with E-state index in [1.54, 1.807) is 36.4 Å². The number of rotatable bonds is 4. The van der Waals surface area contributed by atoms with Crippen LogP contribution in [0, 0.1) is 0 Å². The highest BCUT2D eigenvalue weighted by atomic mass is 79.9. The first kappa shape index (κ1) is 16.7. The van der Waals surface area contributed by atoms with E-state index in [1.165, 1.54) is 12.1 Å². The third kappa shape index (κ3) is 3.50. The molecule has 0 unspecified atom stereocenters. The molecule has 0 saturated heterocycles. The highest BCUT2D eigenvalue weighted by molar-refractivity contribution is 9.10. The standard InChI is InChI=1S/C16H11BrN4O4/c17-9-6-7-12(11(8-9)15(23)24)18-14(22)13-19-16(25)21(20-13)10-4-2-1-3-5-10/h1-8H,(H,18,22)(H,23,24)(H,19,20,25). The molecule has 3 rings (SSSR count). The second-order valence-corrected chi connectivity index (χ2v) is 5.89. The Morgan fingerprint density at radius 2 is 1.88 bits per heavy atom. The van der Waals surface area contributed by atoms with Crippen molar-refractivity contribution in [3.8, 4) is 5.69 Å². The number of hydrogen-bond donors (Lipinski definition) is 3. The van der Waals surface area contributed by atoms with E-state index < -0.39 is 17.6 Å². The summed E-state index contributed by atoms with van der Waals surface area (Å²) >= 11 is 3.18. The molecule has 3 N–H and O–H groups in total. The summed E-state index contributed by atoms with van der Waals surface area (Å²) in [5.74, 6) is -2.15. The van der Waals surface area contributed by atoms with Crippen LogP contribution in [0.15, 0.2) is 57.8 Å². The average Bonchev–Trinajstić information content (AvgIpc) is 2.99. The number of halogens is 1. The molecular formula is C16H11BrN4O4. The Kier molecular flexibility index (Phi) is 4.48. The van der Waals surface area contributed by atoms with Gasteiger partial charge in [-0.05, 0) is 30.3 Å². The van der Waals surface area contributed by atoms with Crippen LogP contribution in [-0.2, 0) is 0 Å². The molecule has 0 bridgehead atoms. The van der Waals surface area contributed by atoms with Crippen LogP contribution < -0.4 is 11.0 Å². The predicted octanol–water partition coefficient (Wildman–Crippen LogP) is 2.27. The number of carbonyl (C=O) groups is 2. The van der Waals surface area contributed by atoms with E-state index in [-0.39, 0.29) is 17.1 Å². The van der Waals surface area contributed by atoms with Crippen LogP contribution in [0.25, 0.3) is 5.69 Å². The molecule has 0 aliphatic heterocycles. The number of H-pyrrole nitrogens is 1. The highest BCUT2D eigenvalue weighted by Gasteiger charge is 2.18. The maximum Gasteiger partial charge on any atom is 0.348 e. The van der Waals surface area contributed by atoms with Crippen LogP contribution in [-0.4, -0.2) is 31.7 Å². The van der Waals surface area contributed by atoms with Crippen molar-refractivity contribution in [2.24, 2.45) is 0 Å². The van der Waals surface area contributed by atoms with Crippen molar-refractivity contribution >= 4 is 33.5 Å². The van der Waals surface area contributed by atoms with Crippen LogP contribution in [0.1, 0.15) is 21.0 Å². The van der Waals surface area contributed by atoms with Crippen molar-refractivity contribution < 1.29 is 14.7 Å². The number of aromatic nitrogens is 3. The lowest BCUT2D eigenvalue weighted by Gasteiger charge is -2.07. The summed E-state index contributed by atoms with van der Waals surface area (Å²) in [6, 6.07) is 13.0. The van der Waals surface area contributed by atoms with Gasteiger partial charge in [-0.3, -0.25) is 9.78 Å². The zero-order valence-electron chi connectivity index (χ0n) is 12.6. The Balaban J connectivity index is 1.91. The normalized spacial score (nSPS) is 10.4. The molecule has 126 valence electrons. The van der Waals surface area contributed by atoms with Gasteiger partial charge < -0.3 is 10.4 Å². The fourth-order valence-electron chi connectivity index (χ4n) is 2.15. The second kappa shape index (κ2) is 6.73. The van der Waals surface area contributed by atoms with Crippen LogP contribution in [0.2, 0.25) is 0 Å². The number of carbonyl (C=O) groups excluding carboxylic acids is 1. The Bertz CT molecular complexity index is 1010. The number of aromatic amines is 1. The summed E-state index contributed by atoms with van der Waals surface area (Å²) in [4.78, 5) is 37.9. The van der Waals surface area contributed by atoms with E-state index in [0.29, 0.717) is 10.2 Å². The van der Waals surface area contributed by atoms with Crippen LogP contribution in [0.3, 0.4) is 0 Å². The van der Waals surface area contributed by atoms with Gasteiger partial charge in [0.2, 0.25) is 5.82 Å². The smallest absolute Gasteiger partial charge is 0.348 e. The molecule has 0 atom stereocenters. The van der Waals surface area contributed by atoms with Crippen LogP contribution >= 0.6 is 15.9 Å². The number of hydrogen-bond acceptors (Lipinski definition) is 4. The number of anilines is 1. The number of nitrogens with zero attached hydrogens (tertiary/aromatic N) is 2. The first-order chi connectivity index (χ1) is 12.0. The Morgan fingerprint density at radius 1 is 1.16 bits per heavy atom. The number of para-hydroxylation sites is 1. The molecule has 1 amide bonds. The van der Waals surface area contributed by atoms with E-state index in [4.69, 9.17) is 0 Å². The molecule has 9 heteroatoms. The summed E-state index contributed by atoms with van der Waals surface area (Å²) in [7, 11) is 0. The van der Waals surface area contributed by atoms with Crippen molar-refractivity contribution in [1.82, 2.24) is 14.8 Å². The summed E-state index contributed by atoms with van der Waals surface area (Å²) < 4.78 is 1.61. The topological polar surface area (TPSA) is 117 Å². The number of nitrogens with one attached hydrogen (secondary N) is 2. The van der Waals surface area contributed by atoms with Crippen molar-refractivity contribution in [2.75, 3.05) is 5.32 Å². The molecule has 0 aliphatic rings. The third-order valence-corrected chi connectivity index (χ3v) is 3.79. The molecule has 0 fully saturated rings. The average molecular weight is 403 g/mol. The minimum atomic E-state index is -1.19. The summed E-state index contributed by atoms with van der Waals surface area (Å²) in [6.07, 6.45) is 0. The number of amides is 1. The molecule has 0 saturated carbocycles. The first-order valence-electron chi connectivity index (χ1n) is 7.04. The van der Waals surface area contributed by atoms with Gasteiger partial charge in [0.15, 0.2) is 0 Å². The molecule has 25 heavy (non-hydrogen) atoms. The molecule has 0 spiro atoms. The first-order valence-corrected chi connectivity index (χ1v) is 7.84. The van der Waals surface area contributed by atoms with Crippen molar-refractivity contribution in [2.45, 2.75) is 0 Å². The van der Waals surface area contributed by atoms with Gasteiger partial charge in [0, 0.05) is 4.47 Å². The molecule has 0 radical (unpaired) electrons. The van der Waals surface area contributed by atoms with Crippen molar-refractivity contribution in [3.05, 3.63) is 74.9 Å². The largest absolute Gasteiger partial charge is 0.478 e. The molecule has 3 aromatic rings. The van der Waals surface area contributed by atoms with Gasteiger partial charge in [-0.15, -0.1) is 5.10 Å². The molecule has 8 nitrogen and oxygen atoms in total. The Hall–Kier alpha value is -3.20. The van der Waals surface area contributed by atoms with Gasteiger partial charge in [0.1, 0.15) is 0 Å². The summed E-state index contributed by atoms with van der Waals surface area (Å²) in [6.45, 7) is 0. The fraction of sp³-hybridized carbons (Fsp3) is 0. The van der Waals surface area contributed by atoms with Gasteiger partial charge in [0.05, 0.1) is 16.9 Å². The van der Waals surface area contributed by atoms with Gasteiger partial charge in [-0.25, -0.2) is 9.59 Å². The highest BCUT2D eigenvalue weighted by Crippen LogP contribution is 2.21. The van der Waals surface area contributed by atoms with Crippen molar-refractivity contribution in [1.29, 1.82) is 0 Å². The molecular weight excluding hydrogens is 392 g/mol. The maximum absolute atomic E-state index is 12.3. The number of aromatic carboxylic acids is 1. The zero-order valence-corrected chi connectivity index (χ0v) is 14.1. The molecule has 2 aromatic carbocycles. The molecule has 1 aromatic heterocycles. The quantitative estimate of drug-likeness (QED) is 0.618. The number of benzene rings is 2. The Labute approximate surface area is 149 Å². The van der Waals surface area contributed by atoms with Crippen LogP contribution in [0.5, 0.6) is 0 Å². The number of carboxylic acids is 1. The predicted molar refractivity (Wildman–Crippen MR) is 93.2 cm³/mol. The minimum Gasteiger partial charge on any atom is -0.478 e. The van der Waals surface area contributed by atoms with E-state index in [2.05, 4.69) is 31.3 Å². The number of carboxylic acid groups (broad SMARTS) is 1. The Morgan fingerprint density at radius 3 is 2.56 bits per heavy atom.